The molecule has 8 heteroatoms. The Morgan fingerprint density at radius 2 is 2.15 bits per heavy atom. The smallest absolute Gasteiger partial charge is 0.260 e. The second-order valence-electron chi connectivity index (χ2n) is 6.26. The van der Waals surface area contributed by atoms with Crippen LogP contribution in [-0.2, 0) is 17.9 Å². The lowest BCUT2D eigenvalue weighted by atomic mass is 10.2. The summed E-state index contributed by atoms with van der Waals surface area (Å²) in [7, 11) is 0. The molecule has 3 heterocycles. The summed E-state index contributed by atoms with van der Waals surface area (Å²) in [5.41, 5.74) is 2.31. The topological polar surface area (TPSA) is 93.4 Å². The van der Waals surface area contributed by atoms with Gasteiger partial charge in [0, 0.05) is 6.54 Å². The molecular formula is C18H19N5O3. The molecule has 26 heavy (non-hydrogen) atoms. The van der Waals surface area contributed by atoms with Crippen LogP contribution in [0.1, 0.15) is 24.4 Å². The van der Waals surface area contributed by atoms with Crippen LogP contribution >= 0.6 is 0 Å². The van der Waals surface area contributed by atoms with Gasteiger partial charge in [0.05, 0.1) is 41.5 Å². The zero-order valence-corrected chi connectivity index (χ0v) is 14.4. The second kappa shape index (κ2) is 6.72. The van der Waals surface area contributed by atoms with Crippen LogP contribution in [-0.4, -0.2) is 48.8 Å². The van der Waals surface area contributed by atoms with Crippen molar-refractivity contribution in [2.45, 2.75) is 26.1 Å². The number of rotatable bonds is 4. The van der Waals surface area contributed by atoms with Crippen LogP contribution < -0.4 is 4.74 Å². The molecule has 0 aliphatic carbocycles. The van der Waals surface area contributed by atoms with Gasteiger partial charge in [-0.15, -0.1) is 0 Å². The summed E-state index contributed by atoms with van der Waals surface area (Å²) < 4.78 is 7.50. The summed E-state index contributed by atoms with van der Waals surface area (Å²) in [5, 5.41) is 14.8. The van der Waals surface area contributed by atoms with Crippen LogP contribution in [0.4, 0.5) is 0 Å². The molecule has 0 fully saturated rings. The van der Waals surface area contributed by atoms with E-state index in [-0.39, 0.29) is 12.5 Å². The van der Waals surface area contributed by atoms with Gasteiger partial charge in [-0.1, -0.05) is 12.1 Å². The Morgan fingerprint density at radius 3 is 3.00 bits per heavy atom. The van der Waals surface area contributed by atoms with Gasteiger partial charge in [0.1, 0.15) is 6.33 Å². The summed E-state index contributed by atoms with van der Waals surface area (Å²) in [6, 6.07) is 9.35. The predicted molar refractivity (Wildman–Crippen MR) is 93.3 cm³/mol. The summed E-state index contributed by atoms with van der Waals surface area (Å²) in [6.45, 7) is 3.20. The van der Waals surface area contributed by atoms with E-state index in [1.807, 2.05) is 35.0 Å². The second-order valence-corrected chi connectivity index (χ2v) is 6.26. The molecule has 1 atom stereocenters. The van der Waals surface area contributed by atoms with Gasteiger partial charge < -0.3 is 14.7 Å². The van der Waals surface area contributed by atoms with Crippen LogP contribution in [0.25, 0.3) is 10.9 Å². The summed E-state index contributed by atoms with van der Waals surface area (Å²) >= 11 is 0. The summed E-state index contributed by atoms with van der Waals surface area (Å²) in [4.78, 5) is 22.6. The number of aliphatic hydroxyl groups is 1. The zero-order chi connectivity index (χ0) is 18.1. The van der Waals surface area contributed by atoms with Crippen molar-refractivity contribution in [3.8, 4) is 5.88 Å². The van der Waals surface area contributed by atoms with Crippen molar-refractivity contribution in [2.75, 3.05) is 13.2 Å². The van der Waals surface area contributed by atoms with E-state index >= 15 is 0 Å². The molecule has 1 amide bonds. The Hall–Kier alpha value is -3.00. The minimum Gasteiger partial charge on any atom is -0.467 e. The fourth-order valence-electron chi connectivity index (χ4n) is 3.02. The first-order valence-corrected chi connectivity index (χ1v) is 8.47. The maximum Gasteiger partial charge on any atom is 0.260 e. The van der Waals surface area contributed by atoms with E-state index in [0.29, 0.717) is 31.2 Å². The maximum absolute atomic E-state index is 12.5. The largest absolute Gasteiger partial charge is 0.467 e. The molecule has 1 aliphatic rings. The van der Waals surface area contributed by atoms with Gasteiger partial charge in [0.15, 0.2) is 6.61 Å². The number of hydrogen-bond donors (Lipinski definition) is 1. The van der Waals surface area contributed by atoms with E-state index in [9.17, 15) is 9.90 Å². The fraction of sp³-hybridized carbons (Fsp3) is 0.333. The van der Waals surface area contributed by atoms with Gasteiger partial charge in [-0.2, -0.15) is 5.10 Å². The molecule has 4 rings (SSSR count). The third-order valence-electron chi connectivity index (χ3n) is 4.44. The number of aromatic nitrogens is 4. The number of amides is 1. The van der Waals surface area contributed by atoms with Gasteiger partial charge in [-0.05, 0) is 25.1 Å². The van der Waals surface area contributed by atoms with Crippen molar-refractivity contribution in [1.82, 2.24) is 24.6 Å². The lowest BCUT2D eigenvalue weighted by molar-refractivity contribution is -0.134. The number of hydrogen-bond acceptors (Lipinski definition) is 6. The van der Waals surface area contributed by atoms with Gasteiger partial charge in [0.2, 0.25) is 5.88 Å². The molecule has 0 unspecified atom stereocenters. The SMILES string of the molecule is C[C@@H](O)c1cc2n(n1)CCN(C(=O)COc1ncnc3ccccc13)C2. The van der Waals surface area contributed by atoms with Gasteiger partial charge in [-0.3, -0.25) is 9.48 Å². The van der Waals surface area contributed by atoms with Gasteiger partial charge in [-0.25, -0.2) is 9.97 Å². The molecule has 2 aromatic heterocycles. The lowest BCUT2D eigenvalue weighted by Crippen LogP contribution is -2.40. The number of para-hydroxylation sites is 1. The molecule has 0 bridgehead atoms. The van der Waals surface area contributed by atoms with Crippen molar-refractivity contribution < 1.29 is 14.6 Å². The highest BCUT2D eigenvalue weighted by Crippen LogP contribution is 2.21. The van der Waals surface area contributed by atoms with Crippen molar-refractivity contribution in [3.63, 3.8) is 0 Å². The standard InChI is InChI=1S/C18H19N5O3/c1-12(24)16-8-13-9-22(6-7-23(13)21-16)17(25)10-26-18-14-4-2-3-5-15(14)19-11-20-18/h2-5,8,11-12,24H,6-7,9-10H2,1H3/t12-/m1/s1. The predicted octanol–water partition coefficient (Wildman–Crippen LogP) is 1.30. The molecule has 1 aromatic carbocycles. The first kappa shape index (κ1) is 16.5. The molecule has 0 radical (unpaired) electrons. The van der Waals surface area contributed by atoms with E-state index in [2.05, 4.69) is 15.1 Å². The van der Waals surface area contributed by atoms with E-state index in [1.165, 1.54) is 6.33 Å². The number of ether oxygens (including phenoxy) is 1. The Kier molecular flexibility index (Phi) is 4.26. The van der Waals surface area contributed by atoms with E-state index in [1.54, 1.807) is 11.8 Å². The van der Waals surface area contributed by atoms with Crippen molar-refractivity contribution in [2.24, 2.45) is 0 Å². The Morgan fingerprint density at radius 1 is 1.31 bits per heavy atom. The average molecular weight is 353 g/mol. The number of benzene rings is 1. The average Bonchev–Trinajstić information content (AvgIpc) is 3.09. The molecule has 0 saturated carbocycles. The lowest BCUT2D eigenvalue weighted by Gasteiger charge is -2.27. The van der Waals surface area contributed by atoms with E-state index in [0.717, 1.165) is 16.6 Å². The molecule has 8 nitrogen and oxygen atoms in total. The molecule has 3 aromatic rings. The number of carbonyl (C=O) groups excluding carboxylic acids is 1. The van der Waals surface area contributed by atoms with Gasteiger partial charge in [0.25, 0.3) is 5.91 Å². The highest BCUT2D eigenvalue weighted by atomic mass is 16.5. The van der Waals surface area contributed by atoms with Crippen LogP contribution in [0.2, 0.25) is 0 Å². The maximum atomic E-state index is 12.5. The highest BCUT2D eigenvalue weighted by Gasteiger charge is 2.23. The Labute approximate surface area is 150 Å². The molecule has 1 aliphatic heterocycles. The Balaban J connectivity index is 1.44. The summed E-state index contributed by atoms with van der Waals surface area (Å²) in [6.07, 6.45) is 0.811. The highest BCUT2D eigenvalue weighted by molar-refractivity contribution is 5.84. The van der Waals surface area contributed by atoms with Crippen LogP contribution in [0.15, 0.2) is 36.7 Å². The minimum absolute atomic E-state index is 0.0849. The van der Waals surface area contributed by atoms with Crippen molar-refractivity contribution in [3.05, 3.63) is 48.0 Å². The number of carbonyl (C=O) groups is 1. The number of aliphatic hydroxyl groups excluding tert-OH is 1. The first-order chi connectivity index (χ1) is 12.6. The molecule has 0 spiro atoms. The van der Waals surface area contributed by atoms with Crippen molar-refractivity contribution in [1.29, 1.82) is 0 Å². The quantitative estimate of drug-likeness (QED) is 0.760. The monoisotopic (exact) mass is 353 g/mol. The minimum atomic E-state index is -0.619. The third kappa shape index (κ3) is 3.11. The molecular weight excluding hydrogens is 334 g/mol. The van der Waals surface area contributed by atoms with E-state index in [4.69, 9.17) is 4.74 Å². The third-order valence-corrected chi connectivity index (χ3v) is 4.44. The van der Waals surface area contributed by atoms with Crippen LogP contribution in [0.3, 0.4) is 0 Å². The number of fused-ring (bicyclic) bond motifs is 2. The Bertz CT molecular complexity index is 948. The first-order valence-electron chi connectivity index (χ1n) is 8.47. The number of nitrogens with zero attached hydrogens (tertiary/aromatic N) is 5. The summed E-state index contributed by atoms with van der Waals surface area (Å²) in [5.74, 6) is 0.293. The van der Waals surface area contributed by atoms with Gasteiger partial charge >= 0.3 is 0 Å². The van der Waals surface area contributed by atoms with E-state index < -0.39 is 6.10 Å². The normalized spacial score (nSPS) is 14.9. The molecule has 1 N–H and O–H groups in total. The fourth-order valence-corrected chi connectivity index (χ4v) is 3.02. The molecule has 0 saturated heterocycles. The zero-order valence-electron chi connectivity index (χ0n) is 14.4. The van der Waals surface area contributed by atoms with Crippen molar-refractivity contribution >= 4 is 16.8 Å². The molecule has 134 valence electrons. The van der Waals surface area contributed by atoms with Crippen LogP contribution in [0, 0.1) is 0 Å². The van der Waals surface area contributed by atoms with Crippen LogP contribution in [0.5, 0.6) is 5.88 Å².